The van der Waals surface area contributed by atoms with Crippen molar-refractivity contribution in [2.45, 2.75) is 12.7 Å². The fourth-order valence-corrected chi connectivity index (χ4v) is 1.62. The molecule has 0 fully saturated rings. The highest BCUT2D eigenvalue weighted by molar-refractivity contribution is 7.90. The van der Waals surface area contributed by atoms with Gasteiger partial charge in [0.1, 0.15) is 6.33 Å². The van der Waals surface area contributed by atoms with Gasteiger partial charge >= 0.3 is 0 Å². The third-order valence-corrected chi connectivity index (χ3v) is 3.09. The van der Waals surface area contributed by atoms with Crippen LogP contribution in [0.3, 0.4) is 0 Å². The summed E-state index contributed by atoms with van der Waals surface area (Å²) in [5.41, 5.74) is 0.638. The molecule has 1 aromatic rings. The van der Waals surface area contributed by atoms with E-state index >= 15 is 0 Å². The summed E-state index contributed by atoms with van der Waals surface area (Å²) >= 11 is 0. The molecule has 4 nitrogen and oxygen atoms in total. The van der Waals surface area contributed by atoms with E-state index in [1.807, 2.05) is 0 Å². The highest BCUT2D eigenvalue weighted by Gasteiger charge is 2.08. The number of hydrogen-bond acceptors (Lipinski definition) is 4. The molecule has 0 aliphatic heterocycles. The van der Waals surface area contributed by atoms with Gasteiger partial charge in [-0.15, -0.1) is 0 Å². The van der Waals surface area contributed by atoms with Gasteiger partial charge in [-0.25, -0.2) is 18.4 Å². The van der Waals surface area contributed by atoms with Crippen molar-refractivity contribution in [2.24, 2.45) is 0 Å². The average Bonchev–Trinajstić information content (AvgIpc) is 2.06. The summed E-state index contributed by atoms with van der Waals surface area (Å²) < 4.78 is 22.2. The van der Waals surface area contributed by atoms with Gasteiger partial charge in [0.2, 0.25) is 0 Å². The van der Waals surface area contributed by atoms with E-state index in [0.29, 0.717) is 5.56 Å². The van der Waals surface area contributed by atoms with Crippen LogP contribution in [-0.2, 0) is 15.6 Å². The van der Waals surface area contributed by atoms with Crippen molar-refractivity contribution in [3.63, 3.8) is 0 Å². The lowest BCUT2D eigenvalue weighted by atomic mass is 10.4. The molecule has 0 aromatic carbocycles. The van der Waals surface area contributed by atoms with Crippen LogP contribution in [0, 0.1) is 0 Å². The summed E-state index contributed by atoms with van der Waals surface area (Å²) in [6.07, 6.45) is 4.41. The molecule has 1 rings (SSSR count). The highest BCUT2D eigenvalue weighted by Crippen LogP contribution is 2.02. The minimum atomic E-state index is -2.95. The molecule has 0 atom stereocenters. The maximum Gasteiger partial charge on any atom is 0.154 e. The summed E-state index contributed by atoms with van der Waals surface area (Å²) in [4.78, 5) is 7.46. The van der Waals surface area contributed by atoms with E-state index < -0.39 is 9.84 Å². The lowest BCUT2D eigenvalue weighted by Crippen LogP contribution is -2.06. The predicted octanol–water partition coefficient (Wildman–Crippen LogP) is 0.411. The summed E-state index contributed by atoms with van der Waals surface area (Å²) in [6, 6.07) is 0. The first-order valence-electron chi connectivity index (χ1n) is 3.58. The van der Waals surface area contributed by atoms with Crippen molar-refractivity contribution < 1.29 is 8.42 Å². The van der Waals surface area contributed by atoms with Crippen LogP contribution < -0.4 is 0 Å². The third kappa shape index (κ3) is 2.58. The van der Waals surface area contributed by atoms with E-state index in [4.69, 9.17) is 0 Å². The molecular formula is C7H10N2O2S. The first-order valence-corrected chi connectivity index (χ1v) is 5.40. The molecule has 0 saturated carbocycles. The summed E-state index contributed by atoms with van der Waals surface area (Å²) in [5.74, 6) is 0.187. The van der Waals surface area contributed by atoms with Crippen molar-refractivity contribution in [1.82, 2.24) is 9.97 Å². The monoisotopic (exact) mass is 186 g/mol. The van der Waals surface area contributed by atoms with Crippen LogP contribution in [0.4, 0.5) is 0 Å². The second-order valence-corrected chi connectivity index (χ2v) is 4.78. The minimum absolute atomic E-state index is 0.0321. The first kappa shape index (κ1) is 9.12. The fraction of sp³-hybridized carbons (Fsp3) is 0.429. The Morgan fingerprint density at radius 3 is 2.42 bits per heavy atom. The smallest absolute Gasteiger partial charge is 0.154 e. The molecule has 0 radical (unpaired) electrons. The van der Waals surface area contributed by atoms with Crippen LogP contribution in [0.2, 0.25) is 0 Å². The average molecular weight is 186 g/mol. The molecule has 1 aromatic heterocycles. The Bertz CT molecular complexity index is 334. The van der Waals surface area contributed by atoms with E-state index in [1.165, 1.54) is 18.7 Å². The number of hydrogen-bond donors (Lipinski definition) is 0. The molecule has 0 amide bonds. The van der Waals surface area contributed by atoms with Gasteiger partial charge in [0.05, 0.1) is 5.75 Å². The quantitative estimate of drug-likeness (QED) is 0.686. The number of rotatable bonds is 3. The molecular weight excluding hydrogens is 176 g/mol. The Morgan fingerprint density at radius 1 is 1.33 bits per heavy atom. The van der Waals surface area contributed by atoms with Gasteiger partial charge in [-0.1, -0.05) is 6.92 Å². The number of nitrogens with zero attached hydrogens (tertiary/aromatic N) is 2. The Hall–Kier alpha value is -0.970. The summed E-state index contributed by atoms with van der Waals surface area (Å²) in [5, 5.41) is 0. The zero-order chi connectivity index (χ0) is 9.03. The zero-order valence-electron chi connectivity index (χ0n) is 6.77. The summed E-state index contributed by atoms with van der Waals surface area (Å²) in [6.45, 7) is 1.62. The van der Waals surface area contributed by atoms with Gasteiger partial charge in [0.15, 0.2) is 9.84 Å². The Kier molecular flexibility index (Phi) is 2.75. The Balaban J connectivity index is 2.78. The maximum absolute atomic E-state index is 11.1. The highest BCUT2D eigenvalue weighted by atomic mass is 32.2. The second-order valence-electron chi connectivity index (χ2n) is 2.42. The van der Waals surface area contributed by atoms with Crippen molar-refractivity contribution >= 4 is 9.84 Å². The molecule has 12 heavy (non-hydrogen) atoms. The van der Waals surface area contributed by atoms with Crippen LogP contribution in [0.1, 0.15) is 12.5 Å². The van der Waals surface area contributed by atoms with Crippen LogP contribution in [0.5, 0.6) is 0 Å². The molecule has 0 aliphatic rings. The first-order chi connectivity index (χ1) is 5.64. The van der Waals surface area contributed by atoms with Crippen LogP contribution in [-0.4, -0.2) is 24.1 Å². The molecule has 0 spiro atoms. The number of sulfone groups is 1. The van der Waals surface area contributed by atoms with Crippen molar-refractivity contribution in [2.75, 3.05) is 5.75 Å². The zero-order valence-corrected chi connectivity index (χ0v) is 7.58. The van der Waals surface area contributed by atoms with Crippen LogP contribution >= 0.6 is 0 Å². The van der Waals surface area contributed by atoms with E-state index in [0.717, 1.165) is 0 Å². The SMILES string of the molecule is CCS(=O)(=O)Cc1cncnc1. The van der Waals surface area contributed by atoms with E-state index in [-0.39, 0.29) is 11.5 Å². The Morgan fingerprint density at radius 2 is 1.92 bits per heavy atom. The van der Waals surface area contributed by atoms with Crippen LogP contribution in [0.15, 0.2) is 18.7 Å². The van der Waals surface area contributed by atoms with Crippen molar-refractivity contribution in [3.05, 3.63) is 24.3 Å². The second kappa shape index (κ2) is 3.62. The molecule has 5 heteroatoms. The van der Waals surface area contributed by atoms with Gasteiger partial charge in [0, 0.05) is 23.7 Å². The van der Waals surface area contributed by atoms with Crippen molar-refractivity contribution in [1.29, 1.82) is 0 Å². The standard InChI is InChI=1S/C7H10N2O2S/c1-2-12(10,11)5-7-3-8-6-9-4-7/h3-4,6H,2,5H2,1H3. The fourth-order valence-electron chi connectivity index (χ4n) is 0.760. The topological polar surface area (TPSA) is 59.9 Å². The van der Waals surface area contributed by atoms with Gasteiger partial charge < -0.3 is 0 Å². The van der Waals surface area contributed by atoms with E-state index in [2.05, 4.69) is 9.97 Å². The van der Waals surface area contributed by atoms with Gasteiger partial charge in [0.25, 0.3) is 0 Å². The molecule has 66 valence electrons. The molecule has 1 heterocycles. The molecule has 0 unspecified atom stereocenters. The lowest BCUT2D eigenvalue weighted by Gasteiger charge is -1.98. The molecule has 0 bridgehead atoms. The minimum Gasteiger partial charge on any atom is -0.245 e. The van der Waals surface area contributed by atoms with Crippen LogP contribution in [0.25, 0.3) is 0 Å². The van der Waals surface area contributed by atoms with Gasteiger partial charge in [-0.05, 0) is 0 Å². The Labute approximate surface area is 71.6 Å². The summed E-state index contributed by atoms with van der Waals surface area (Å²) in [7, 11) is -2.95. The molecule has 0 saturated heterocycles. The predicted molar refractivity (Wildman–Crippen MR) is 45.2 cm³/mol. The third-order valence-electron chi connectivity index (χ3n) is 1.44. The lowest BCUT2D eigenvalue weighted by molar-refractivity contribution is 0.596. The maximum atomic E-state index is 11.1. The molecule has 0 aliphatic carbocycles. The van der Waals surface area contributed by atoms with Crippen molar-refractivity contribution in [3.8, 4) is 0 Å². The largest absolute Gasteiger partial charge is 0.245 e. The number of aromatic nitrogens is 2. The van der Waals surface area contributed by atoms with E-state index in [1.54, 1.807) is 6.92 Å². The molecule has 0 N–H and O–H groups in total. The van der Waals surface area contributed by atoms with E-state index in [9.17, 15) is 8.42 Å². The normalized spacial score (nSPS) is 11.4. The van der Waals surface area contributed by atoms with Gasteiger partial charge in [-0.2, -0.15) is 0 Å². The van der Waals surface area contributed by atoms with Gasteiger partial charge in [-0.3, -0.25) is 0 Å².